The average Bonchev–Trinajstić information content (AvgIpc) is 2.33. The van der Waals surface area contributed by atoms with Gasteiger partial charge in [-0.1, -0.05) is 6.58 Å². The van der Waals surface area contributed by atoms with Gasteiger partial charge in [0.05, 0.1) is 0 Å². The molecule has 3 heteroatoms. The largest absolute Gasteiger partial charge is 0.368 e. The zero-order chi connectivity index (χ0) is 7.56. The standard InChI is InChI=1S/C7H12N2O/c1-2-9-5-3-4-6(9)7(8)10/h2,6H,1,3-5H2,(H2,8,10)/t6-/m0/s1. The van der Waals surface area contributed by atoms with E-state index < -0.39 is 0 Å². The molecule has 1 saturated heterocycles. The number of hydrogen-bond donors (Lipinski definition) is 1. The molecule has 0 aliphatic carbocycles. The predicted molar refractivity (Wildman–Crippen MR) is 39.1 cm³/mol. The van der Waals surface area contributed by atoms with Crippen molar-refractivity contribution in [3.8, 4) is 0 Å². The van der Waals surface area contributed by atoms with Crippen molar-refractivity contribution in [2.75, 3.05) is 6.54 Å². The molecular formula is C7H12N2O. The van der Waals surface area contributed by atoms with E-state index in [-0.39, 0.29) is 11.9 Å². The molecule has 3 nitrogen and oxygen atoms in total. The van der Waals surface area contributed by atoms with Crippen molar-refractivity contribution in [1.82, 2.24) is 4.90 Å². The first-order chi connectivity index (χ1) is 4.75. The Balaban J connectivity index is 2.58. The van der Waals surface area contributed by atoms with Crippen LogP contribution < -0.4 is 5.73 Å². The van der Waals surface area contributed by atoms with E-state index in [1.807, 2.05) is 4.90 Å². The summed E-state index contributed by atoms with van der Waals surface area (Å²) in [4.78, 5) is 12.6. The molecule has 2 N–H and O–H groups in total. The van der Waals surface area contributed by atoms with Gasteiger partial charge >= 0.3 is 0 Å². The van der Waals surface area contributed by atoms with Crippen molar-refractivity contribution in [2.45, 2.75) is 18.9 Å². The first-order valence-corrected chi connectivity index (χ1v) is 3.43. The molecular weight excluding hydrogens is 128 g/mol. The van der Waals surface area contributed by atoms with Crippen LogP contribution >= 0.6 is 0 Å². The summed E-state index contributed by atoms with van der Waals surface area (Å²) in [5.41, 5.74) is 5.14. The third-order valence-electron chi connectivity index (χ3n) is 1.86. The molecule has 0 radical (unpaired) electrons. The molecule has 1 rings (SSSR count). The average molecular weight is 140 g/mol. The number of nitrogens with two attached hydrogens (primary N) is 1. The SMILES string of the molecule is C=CN1CCC[C@H]1C(N)=O. The van der Waals surface area contributed by atoms with Gasteiger partial charge in [0.15, 0.2) is 0 Å². The number of nitrogens with zero attached hydrogens (tertiary/aromatic N) is 1. The Hall–Kier alpha value is -0.990. The van der Waals surface area contributed by atoms with E-state index in [2.05, 4.69) is 6.58 Å². The van der Waals surface area contributed by atoms with Gasteiger partial charge in [-0.05, 0) is 19.0 Å². The van der Waals surface area contributed by atoms with Crippen molar-refractivity contribution in [3.05, 3.63) is 12.8 Å². The molecule has 1 amide bonds. The zero-order valence-electron chi connectivity index (χ0n) is 5.92. The Kier molecular flexibility index (Phi) is 1.94. The highest BCUT2D eigenvalue weighted by atomic mass is 16.1. The minimum atomic E-state index is -0.239. The number of hydrogen-bond acceptors (Lipinski definition) is 2. The Morgan fingerprint density at radius 3 is 2.90 bits per heavy atom. The van der Waals surface area contributed by atoms with Crippen LogP contribution in [0.3, 0.4) is 0 Å². The van der Waals surface area contributed by atoms with E-state index in [1.165, 1.54) is 0 Å². The fraction of sp³-hybridized carbons (Fsp3) is 0.571. The molecule has 1 fully saturated rings. The molecule has 1 aliphatic rings. The third-order valence-corrected chi connectivity index (χ3v) is 1.86. The van der Waals surface area contributed by atoms with Crippen LogP contribution in [0.25, 0.3) is 0 Å². The van der Waals surface area contributed by atoms with Crippen molar-refractivity contribution in [1.29, 1.82) is 0 Å². The zero-order valence-corrected chi connectivity index (χ0v) is 5.92. The van der Waals surface area contributed by atoms with Crippen molar-refractivity contribution in [2.24, 2.45) is 5.73 Å². The van der Waals surface area contributed by atoms with E-state index in [0.717, 1.165) is 19.4 Å². The van der Waals surface area contributed by atoms with Crippen LogP contribution in [0.4, 0.5) is 0 Å². The van der Waals surface area contributed by atoms with Crippen molar-refractivity contribution < 1.29 is 4.79 Å². The number of carbonyl (C=O) groups is 1. The lowest BCUT2D eigenvalue weighted by Crippen LogP contribution is -2.36. The van der Waals surface area contributed by atoms with Crippen molar-refractivity contribution in [3.63, 3.8) is 0 Å². The van der Waals surface area contributed by atoms with Gasteiger partial charge in [-0.15, -0.1) is 0 Å². The van der Waals surface area contributed by atoms with Crippen LogP contribution in [0.2, 0.25) is 0 Å². The number of likely N-dealkylation sites (tertiary alicyclic amines) is 1. The molecule has 0 bridgehead atoms. The Labute approximate surface area is 60.5 Å². The maximum absolute atomic E-state index is 10.7. The second kappa shape index (κ2) is 2.73. The van der Waals surface area contributed by atoms with Gasteiger partial charge in [0, 0.05) is 6.54 Å². The van der Waals surface area contributed by atoms with E-state index in [9.17, 15) is 4.79 Å². The molecule has 0 spiro atoms. The predicted octanol–water partition coefficient (Wildman–Crippen LogP) is 0.0796. The lowest BCUT2D eigenvalue weighted by Gasteiger charge is -2.18. The van der Waals surface area contributed by atoms with Crippen molar-refractivity contribution >= 4 is 5.91 Å². The smallest absolute Gasteiger partial charge is 0.240 e. The molecule has 0 aromatic carbocycles. The van der Waals surface area contributed by atoms with E-state index in [0.29, 0.717) is 0 Å². The van der Waals surface area contributed by atoms with Gasteiger partial charge in [0.1, 0.15) is 6.04 Å². The van der Waals surface area contributed by atoms with Gasteiger partial charge in [-0.3, -0.25) is 4.79 Å². The van der Waals surface area contributed by atoms with E-state index in [4.69, 9.17) is 5.73 Å². The summed E-state index contributed by atoms with van der Waals surface area (Å²) in [5, 5.41) is 0. The lowest BCUT2D eigenvalue weighted by atomic mass is 10.2. The highest BCUT2D eigenvalue weighted by Crippen LogP contribution is 2.15. The second-order valence-corrected chi connectivity index (χ2v) is 2.48. The van der Waals surface area contributed by atoms with Crippen LogP contribution in [-0.2, 0) is 4.79 Å². The summed E-state index contributed by atoms with van der Waals surface area (Å²) in [6.45, 7) is 4.51. The molecule has 0 unspecified atom stereocenters. The molecule has 56 valence electrons. The number of rotatable bonds is 2. The van der Waals surface area contributed by atoms with Gasteiger partial charge in [0.25, 0.3) is 0 Å². The third kappa shape index (κ3) is 1.12. The minimum absolute atomic E-state index is 0.0995. The molecule has 10 heavy (non-hydrogen) atoms. The fourth-order valence-electron chi connectivity index (χ4n) is 1.31. The summed E-state index contributed by atoms with van der Waals surface area (Å²) in [5.74, 6) is -0.239. The monoisotopic (exact) mass is 140 g/mol. The maximum atomic E-state index is 10.7. The van der Waals surface area contributed by atoms with Gasteiger partial charge in [-0.25, -0.2) is 0 Å². The van der Waals surface area contributed by atoms with Gasteiger partial charge < -0.3 is 10.6 Å². The van der Waals surface area contributed by atoms with Crippen LogP contribution in [0, 0.1) is 0 Å². The lowest BCUT2D eigenvalue weighted by molar-refractivity contribution is -0.121. The summed E-state index contributed by atoms with van der Waals surface area (Å²) >= 11 is 0. The van der Waals surface area contributed by atoms with E-state index in [1.54, 1.807) is 6.20 Å². The van der Waals surface area contributed by atoms with Crippen LogP contribution in [-0.4, -0.2) is 23.4 Å². The summed E-state index contributed by atoms with van der Waals surface area (Å²) in [6.07, 6.45) is 3.60. The second-order valence-electron chi connectivity index (χ2n) is 2.48. The van der Waals surface area contributed by atoms with E-state index >= 15 is 0 Å². The minimum Gasteiger partial charge on any atom is -0.368 e. The molecule has 1 atom stereocenters. The Bertz CT molecular complexity index is 156. The van der Waals surface area contributed by atoms with Crippen LogP contribution in [0.1, 0.15) is 12.8 Å². The number of carbonyl (C=O) groups excluding carboxylic acids is 1. The van der Waals surface area contributed by atoms with Crippen LogP contribution in [0.5, 0.6) is 0 Å². The highest BCUT2D eigenvalue weighted by molar-refractivity contribution is 5.80. The topological polar surface area (TPSA) is 46.3 Å². The molecule has 1 aliphatic heterocycles. The van der Waals surface area contributed by atoms with Gasteiger partial charge in [-0.2, -0.15) is 0 Å². The first kappa shape index (κ1) is 7.12. The Morgan fingerprint density at radius 1 is 1.80 bits per heavy atom. The summed E-state index contributed by atoms with van der Waals surface area (Å²) in [6, 6.07) is -0.0995. The first-order valence-electron chi connectivity index (χ1n) is 3.43. The maximum Gasteiger partial charge on any atom is 0.240 e. The Morgan fingerprint density at radius 2 is 2.50 bits per heavy atom. The number of primary amides is 1. The molecule has 0 aromatic heterocycles. The summed E-state index contributed by atoms with van der Waals surface area (Å²) in [7, 11) is 0. The molecule has 1 heterocycles. The molecule has 0 saturated carbocycles. The van der Waals surface area contributed by atoms with Crippen LogP contribution in [0.15, 0.2) is 12.8 Å². The quantitative estimate of drug-likeness (QED) is 0.590. The summed E-state index contributed by atoms with van der Waals surface area (Å²) < 4.78 is 0. The highest BCUT2D eigenvalue weighted by Gasteiger charge is 2.25. The normalized spacial score (nSPS) is 24.8. The number of amides is 1. The van der Waals surface area contributed by atoms with Gasteiger partial charge in [0.2, 0.25) is 5.91 Å². The molecule has 0 aromatic rings. The fourth-order valence-corrected chi connectivity index (χ4v) is 1.31.